The second kappa shape index (κ2) is 6.30. The molecule has 1 aliphatic heterocycles. The van der Waals surface area contributed by atoms with Gasteiger partial charge in [0.05, 0.1) is 23.9 Å². The molecule has 114 valence electrons. The summed E-state index contributed by atoms with van der Waals surface area (Å²) in [4.78, 5) is 2.30. The molecule has 3 rings (SSSR count). The van der Waals surface area contributed by atoms with E-state index in [0.29, 0.717) is 5.56 Å². The molecule has 1 N–H and O–H groups in total. The monoisotopic (exact) mass is 296 g/mol. The van der Waals surface area contributed by atoms with Crippen LogP contribution < -0.4 is 0 Å². The average molecular weight is 296 g/mol. The van der Waals surface area contributed by atoms with Gasteiger partial charge >= 0.3 is 0 Å². The van der Waals surface area contributed by atoms with Gasteiger partial charge in [-0.3, -0.25) is 9.58 Å². The molecule has 0 amide bonds. The second-order valence-electron chi connectivity index (χ2n) is 5.93. The fourth-order valence-electron chi connectivity index (χ4n) is 3.15. The number of nitrogens with zero attached hydrogens (tertiary/aromatic N) is 4. The number of rotatable bonds is 4. The molecule has 5 nitrogen and oxygen atoms in total. The summed E-state index contributed by atoms with van der Waals surface area (Å²) < 4.78 is 1.79. The van der Waals surface area contributed by atoms with Gasteiger partial charge in [0, 0.05) is 32.4 Å². The van der Waals surface area contributed by atoms with Crippen molar-refractivity contribution in [1.29, 1.82) is 5.26 Å². The van der Waals surface area contributed by atoms with Crippen LogP contribution in [0.25, 0.3) is 0 Å². The molecule has 22 heavy (non-hydrogen) atoms. The third-order valence-electron chi connectivity index (χ3n) is 4.27. The number of aliphatic hydroxyl groups excluding tert-OH is 1. The maximum Gasteiger partial charge on any atom is 0.0991 e. The Kier molecular flexibility index (Phi) is 4.23. The minimum atomic E-state index is -0.306. The maximum absolute atomic E-state index is 10.3. The van der Waals surface area contributed by atoms with E-state index in [1.54, 1.807) is 4.68 Å². The largest absolute Gasteiger partial charge is 0.391 e. The third kappa shape index (κ3) is 3.19. The lowest BCUT2D eigenvalue weighted by Crippen LogP contribution is -2.36. The van der Waals surface area contributed by atoms with E-state index >= 15 is 0 Å². The van der Waals surface area contributed by atoms with Crippen LogP contribution in [0.2, 0.25) is 0 Å². The molecule has 2 aromatic rings. The molecule has 0 spiro atoms. The van der Waals surface area contributed by atoms with Gasteiger partial charge < -0.3 is 5.11 Å². The number of nitriles is 1. The first kappa shape index (κ1) is 14.8. The summed E-state index contributed by atoms with van der Waals surface area (Å²) in [5.74, 6) is 0. The lowest BCUT2D eigenvalue weighted by Gasteiger charge is -2.26. The highest BCUT2D eigenvalue weighted by Crippen LogP contribution is 2.24. The van der Waals surface area contributed by atoms with Crippen molar-refractivity contribution in [1.82, 2.24) is 14.7 Å². The lowest BCUT2D eigenvalue weighted by atomic mass is 10.0. The normalized spacial score (nSPS) is 21.9. The van der Waals surface area contributed by atoms with E-state index in [1.165, 1.54) is 0 Å². The van der Waals surface area contributed by atoms with Crippen LogP contribution >= 0.6 is 0 Å². The number of aliphatic hydroxyl groups is 1. The molecule has 1 aromatic carbocycles. The van der Waals surface area contributed by atoms with Crippen molar-refractivity contribution in [3.63, 3.8) is 0 Å². The van der Waals surface area contributed by atoms with Gasteiger partial charge in [-0.05, 0) is 36.1 Å². The molecule has 0 unspecified atom stereocenters. The molecule has 0 bridgehead atoms. The van der Waals surface area contributed by atoms with Gasteiger partial charge in [0.15, 0.2) is 0 Å². The van der Waals surface area contributed by atoms with Crippen LogP contribution in [0.5, 0.6) is 0 Å². The van der Waals surface area contributed by atoms with Gasteiger partial charge in [-0.25, -0.2) is 0 Å². The Balaban J connectivity index is 1.72. The zero-order valence-corrected chi connectivity index (χ0v) is 12.7. The van der Waals surface area contributed by atoms with Gasteiger partial charge in [-0.1, -0.05) is 12.1 Å². The topological polar surface area (TPSA) is 65.1 Å². The Morgan fingerprint density at radius 2 is 2.27 bits per heavy atom. The Labute approximate surface area is 130 Å². The first-order valence-electron chi connectivity index (χ1n) is 7.54. The minimum absolute atomic E-state index is 0.106. The summed E-state index contributed by atoms with van der Waals surface area (Å²) in [5.41, 5.74) is 2.94. The standard InChI is InChI=1S/C17H20N4O/c1-20-11-15(10-19-20)8-16-17(22)5-6-21(16)12-14-4-2-3-13(7-14)9-18/h2-4,7,10-11,16-17,22H,5-6,8,12H2,1H3/t16-,17-/m0/s1. The number of benzene rings is 1. The van der Waals surface area contributed by atoms with E-state index in [4.69, 9.17) is 5.26 Å². The van der Waals surface area contributed by atoms with Gasteiger partial charge in [0.25, 0.3) is 0 Å². The second-order valence-corrected chi connectivity index (χ2v) is 5.93. The summed E-state index contributed by atoms with van der Waals surface area (Å²) >= 11 is 0. The van der Waals surface area contributed by atoms with E-state index in [1.807, 2.05) is 43.7 Å². The fourth-order valence-corrected chi connectivity index (χ4v) is 3.15. The van der Waals surface area contributed by atoms with Crippen LogP contribution in [0.4, 0.5) is 0 Å². The number of aryl methyl sites for hydroxylation is 1. The predicted molar refractivity (Wildman–Crippen MR) is 82.9 cm³/mol. The number of hydrogen-bond acceptors (Lipinski definition) is 4. The lowest BCUT2D eigenvalue weighted by molar-refractivity contribution is 0.112. The van der Waals surface area contributed by atoms with Crippen LogP contribution in [0.3, 0.4) is 0 Å². The summed E-state index contributed by atoms with van der Waals surface area (Å²) in [5, 5.41) is 23.5. The van der Waals surface area contributed by atoms with Crippen molar-refractivity contribution in [2.24, 2.45) is 7.05 Å². The highest BCUT2D eigenvalue weighted by Gasteiger charge is 2.32. The van der Waals surface area contributed by atoms with E-state index < -0.39 is 0 Å². The van der Waals surface area contributed by atoms with Crippen molar-refractivity contribution in [3.05, 3.63) is 53.3 Å². The van der Waals surface area contributed by atoms with Gasteiger partial charge in [0.1, 0.15) is 0 Å². The summed E-state index contributed by atoms with van der Waals surface area (Å²) in [6.45, 7) is 1.64. The first-order chi connectivity index (χ1) is 10.7. The maximum atomic E-state index is 10.3. The van der Waals surface area contributed by atoms with Gasteiger partial charge in [-0.15, -0.1) is 0 Å². The van der Waals surface area contributed by atoms with E-state index in [2.05, 4.69) is 16.1 Å². The van der Waals surface area contributed by atoms with Crippen molar-refractivity contribution < 1.29 is 5.11 Å². The molecule has 1 aliphatic rings. The van der Waals surface area contributed by atoms with Crippen LogP contribution in [0.1, 0.15) is 23.1 Å². The highest BCUT2D eigenvalue weighted by atomic mass is 16.3. The Morgan fingerprint density at radius 3 is 3.00 bits per heavy atom. The zero-order valence-electron chi connectivity index (χ0n) is 12.7. The molecule has 2 atom stereocenters. The molecule has 5 heteroatoms. The molecule has 1 fully saturated rings. The molecular formula is C17H20N4O. The van der Waals surface area contributed by atoms with Crippen LogP contribution in [-0.2, 0) is 20.0 Å². The Morgan fingerprint density at radius 1 is 1.41 bits per heavy atom. The van der Waals surface area contributed by atoms with Crippen molar-refractivity contribution >= 4 is 0 Å². The summed E-state index contributed by atoms with van der Waals surface area (Å²) in [6, 6.07) is 9.97. The van der Waals surface area contributed by atoms with Crippen molar-refractivity contribution in [2.75, 3.05) is 6.54 Å². The van der Waals surface area contributed by atoms with Crippen LogP contribution in [0.15, 0.2) is 36.7 Å². The average Bonchev–Trinajstić information content (AvgIpc) is 3.08. The molecule has 0 aliphatic carbocycles. The predicted octanol–water partition coefficient (Wildman–Crippen LogP) is 1.47. The quantitative estimate of drug-likeness (QED) is 0.928. The molecule has 0 radical (unpaired) electrons. The molecule has 1 aromatic heterocycles. The van der Waals surface area contributed by atoms with Crippen molar-refractivity contribution in [3.8, 4) is 6.07 Å². The van der Waals surface area contributed by atoms with E-state index in [9.17, 15) is 5.11 Å². The van der Waals surface area contributed by atoms with Crippen LogP contribution in [0, 0.1) is 11.3 Å². The number of likely N-dealkylation sites (tertiary alicyclic amines) is 1. The van der Waals surface area contributed by atoms with E-state index in [-0.39, 0.29) is 12.1 Å². The molecule has 0 saturated carbocycles. The SMILES string of the molecule is Cn1cc(C[C@H]2[C@@H](O)CCN2Cc2cccc(C#N)c2)cn1. The number of hydrogen-bond donors (Lipinski definition) is 1. The summed E-state index contributed by atoms with van der Waals surface area (Å²) in [7, 11) is 1.90. The number of aromatic nitrogens is 2. The fraction of sp³-hybridized carbons (Fsp3) is 0.412. The molecule has 2 heterocycles. The smallest absolute Gasteiger partial charge is 0.0991 e. The van der Waals surface area contributed by atoms with Gasteiger partial charge in [0.2, 0.25) is 0 Å². The van der Waals surface area contributed by atoms with Crippen LogP contribution in [-0.4, -0.2) is 38.5 Å². The first-order valence-corrected chi connectivity index (χ1v) is 7.54. The van der Waals surface area contributed by atoms with E-state index in [0.717, 1.165) is 37.1 Å². The Hall–Kier alpha value is -2.16. The molecular weight excluding hydrogens is 276 g/mol. The summed E-state index contributed by atoms with van der Waals surface area (Å²) in [6.07, 6.45) is 5.15. The molecule has 1 saturated heterocycles. The van der Waals surface area contributed by atoms with Gasteiger partial charge in [-0.2, -0.15) is 10.4 Å². The minimum Gasteiger partial charge on any atom is -0.391 e. The van der Waals surface area contributed by atoms with Crippen molar-refractivity contribution in [2.45, 2.75) is 31.5 Å². The third-order valence-corrected chi connectivity index (χ3v) is 4.27. The zero-order chi connectivity index (χ0) is 15.5. The highest BCUT2D eigenvalue weighted by molar-refractivity contribution is 5.32. The Bertz CT molecular complexity index is 688.